The lowest BCUT2D eigenvalue weighted by atomic mass is 9.54. The van der Waals surface area contributed by atoms with Crippen LogP contribution in [0, 0.1) is 22.7 Å². The summed E-state index contributed by atoms with van der Waals surface area (Å²) < 4.78 is 46.6. The van der Waals surface area contributed by atoms with Gasteiger partial charge in [0.2, 0.25) is 0 Å². The summed E-state index contributed by atoms with van der Waals surface area (Å²) in [5, 5.41) is 0.0440. The first-order valence-corrected chi connectivity index (χ1v) is 18.9. The molecule has 1 fully saturated rings. The second-order valence-corrected chi connectivity index (χ2v) is 20.7. The van der Waals surface area contributed by atoms with Crippen molar-refractivity contribution < 1.29 is 48.1 Å². The highest BCUT2D eigenvalue weighted by molar-refractivity contribution is 7.86. The van der Waals surface area contributed by atoms with Crippen LogP contribution in [0.2, 0.25) is 18.1 Å². The minimum absolute atomic E-state index is 0. The second kappa shape index (κ2) is 11.9. The number of hydrogen-bond acceptors (Lipinski definition) is 6. The minimum atomic E-state index is -3.65. The summed E-state index contributed by atoms with van der Waals surface area (Å²) in [6.45, 7) is 21.4. The topological polar surface area (TPSA) is 81.9 Å². The van der Waals surface area contributed by atoms with E-state index in [-0.39, 0.29) is 45.9 Å². The Morgan fingerprint density at radius 1 is 1.11 bits per heavy atom. The van der Waals surface area contributed by atoms with E-state index in [1.54, 1.807) is 0 Å². The summed E-state index contributed by atoms with van der Waals surface area (Å²) >= 11 is 0. The third kappa shape index (κ3) is 7.12. The van der Waals surface area contributed by atoms with Crippen molar-refractivity contribution in [2.24, 2.45) is 22.7 Å². The average Bonchev–Trinajstić information content (AvgIpc) is 3.21. The van der Waals surface area contributed by atoms with Crippen molar-refractivity contribution in [3.63, 3.8) is 0 Å². The Morgan fingerprint density at radius 2 is 1.71 bits per heavy atom. The van der Waals surface area contributed by atoms with Gasteiger partial charge in [0.15, 0.2) is 14.0 Å². The molecule has 38 heavy (non-hydrogen) atoms. The molecule has 0 aromatic carbocycles. The monoisotopic (exact) mass is 637 g/mol. The maximum absolute atomic E-state index is 12.7. The number of hydrogen-bond donors (Lipinski definition) is 0. The first-order valence-electron chi connectivity index (χ1n) is 14.1. The van der Waals surface area contributed by atoms with Gasteiger partial charge in [-0.15, -0.1) is 0 Å². The number of ether oxygens (including phenoxy) is 1. The highest BCUT2D eigenvalue weighted by atomic mass is 79.9. The fraction of sp³-hybridized carbons (Fsp3) is 0.929. The van der Waals surface area contributed by atoms with E-state index in [4.69, 9.17) is 13.3 Å². The van der Waals surface area contributed by atoms with Crippen molar-refractivity contribution in [3.8, 4) is 0 Å². The zero-order valence-corrected chi connectivity index (χ0v) is 28.8. The molecule has 1 spiro atoms. The van der Waals surface area contributed by atoms with Gasteiger partial charge in [-0.1, -0.05) is 27.7 Å². The van der Waals surface area contributed by atoms with Crippen molar-refractivity contribution in [1.82, 2.24) is 0 Å². The molecule has 1 aliphatic carbocycles. The van der Waals surface area contributed by atoms with Crippen LogP contribution in [-0.4, -0.2) is 71.2 Å². The summed E-state index contributed by atoms with van der Waals surface area (Å²) in [6.07, 6.45) is 5.87. The maximum Gasteiger partial charge on any atom is 0.311 e. The molecule has 0 amide bonds. The number of rotatable bonds is 7. The molecule has 0 radical (unpaired) electrons. The number of halogens is 1. The zero-order valence-electron chi connectivity index (χ0n) is 25.4. The van der Waals surface area contributed by atoms with Crippen LogP contribution in [0.25, 0.3) is 0 Å². The van der Waals surface area contributed by atoms with Gasteiger partial charge in [0.1, 0.15) is 13.1 Å². The van der Waals surface area contributed by atoms with E-state index in [9.17, 15) is 13.2 Å². The van der Waals surface area contributed by atoms with Crippen LogP contribution in [0.5, 0.6) is 0 Å². The first-order chi connectivity index (χ1) is 16.8. The predicted molar refractivity (Wildman–Crippen MR) is 150 cm³/mol. The highest BCUT2D eigenvalue weighted by Gasteiger charge is 2.63. The van der Waals surface area contributed by atoms with E-state index in [0.29, 0.717) is 19.4 Å². The minimum Gasteiger partial charge on any atom is -1.00 e. The van der Waals surface area contributed by atoms with Gasteiger partial charge in [-0.25, -0.2) is 4.58 Å². The van der Waals surface area contributed by atoms with Crippen LogP contribution in [-0.2, 0) is 28.3 Å². The lowest BCUT2D eigenvalue weighted by Crippen LogP contribution is -3.00. The van der Waals surface area contributed by atoms with Crippen LogP contribution in [0.1, 0.15) is 87.0 Å². The van der Waals surface area contributed by atoms with Gasteiger partial charge in [-0.2, -0.15) is 8.42 Å². The van der Waals surface area contributed by atoms with Crippen molar-refractivity contribution >= 4 is 30.1 Å². The molecular weight excluding hydrogens is 586 g/mol. The summed E-state index contributed by atoms with van der Waals surface area (Å²) in [5.74, 6) is -0.0945. The molecule has 222 valence electrons. The summed E-state index contributed by atoms with van der Waals surface area (Å²) in [7, 11) is -5.79. The van der Waals surface area contributed by atoms with E-state index >= 15 is 0 Å². The van der Waals surface area contributed by atoms with Crippen LogP contribution in [0.4, 0.5) is 0 Å². The second-order valence-electron chi connectivity index (χ2n) is 14.3. The summed E-state index contributed by atoms with van der Waals surface area (Å²) in [5.41, 5.74) is 0.333. The molecule has 0 aromatic heterocycles. The average molecular weight is 639 g/mol. The summed E-state index contributed by atoms with van der Waals surface area (Å²) in [6, 6.07) is 0. The Labute approximate surface area is 243 Å². The molecule has 0 aromatic rings. The van der Waals surface area contributed by atoms with E-state index in [1.165, 1.54) is 12.0 Å². The normalized spacial score (nSPS) is 30.7. The molecule has 2 heterocycles. The summed E-state index contributed by atoms with van der Waals surface area (Å²) in [4.78, 5) is 12.7. The van der Waals surface area contributed by atoms with E-state index in [2.05, 4.69) is 45.4 Å². The molecule has 5 atom stereocenters. The smallest absolute Gasteiger partial charge is 0.311 e. The predicted octanol–water partition coefficient (Wildman–Crippen LogP) is 2.39. The highest BCUT2D eigenvalue weighted by Crippen LogP contribution is 2.56. The molecule has 3 rings (SSSR count). The lowest BCUT2D eigenvalue weighted by molar-refractivity contribution is -0.531. The van der Waals surface area contributed by atoms with Crippen LogP contribution >= 0.6 is 0 Å². The van der Waals surface area contributed by atoms with Crippen LogP contribution in [0.3, 0.4) is 0 Å². The standard InChI is InChI=1S/C28H52NO6SSi.BrH/c1-20-19-23(34-36(8,31)32)28(15-12-17-29-16-11-13-22(28)29)21(14-18-33-25(30)26(2,3)4)24(20)35-37(9,10)27(5,6)7;/h20-21,23-24H,11-19H2,1-10H3;1H/q+1;/p-1/t20-,21+,23+,24-,28-;/m0./s1. The van der Waals surface area contributed by atoms with Crippen molar-refractivity contribution in [2.45, 2.75) is 117 Å². The Kier molecular flexibility index (Phi) is 10.6. The maximum atomic E-state index is 12.7. The van der Waals surface area contributed by atoms with Gasteiger partial charge < -0.3 is 26.1 Å². The Morgan fingerprint density at radius 3 is 2.26 bits per heavy atom. The molecule has 0 N–H and O–H groups in total. The number of nitrogens with zero attached hydrogens (tertiary/aromatic N) is 1. The molecular formula is C28H52BrNO6SSi. The van der Waals surface area contributed by atoms with Gasteiger partial charge in [0.25, 0.3) is 10.1 Å². The van der Waals surface area contributed by atoms with Gasteiger partial charge in [0, 0.05) is 25.2 Å². The number of carbonyl (C=O) groups excluding carboxylic acids is 1. The number of esters is 1. The van der Waals surface area contributed by atoms with Gasteiger partial charge >= 0.3 is 5.97 Å². The van der Waals surface area contributed by atoms with Crippen LogP contribution < -0.4 is 17.0 Å². The van der Waals surface area contributed by atoms with E-state index in [1.807, 2.05) is 20.8 Å². The zero-order chi connectivity index (χ0) is 28.0. The van der Waals surface area contributed by atoms with Crippen LogP contribution in [0.15, 0.2) is 0 Å². The molecule has 2 aliphatic heterocycles. The van der Waals surface area contributed by atoms with Crippen molar-refractivity contribution in [1.29, 1.82) is 0 Å². The largest absolute Gasteiger partial charge is 1.00 e. The van der Waals surface area contributed by atoms with Crippen molar-refractivity contribution in [3.05, 3.63) is 0 Å². The fourth-order valence-electron chi connectivity index (χ4n) is 6.54. The molecule has 10 heteroatoms. The molecule has 1 saturated carbocycles. The van der Waals surface area contributed by atoms with E-state index < -0.39 is 35.4 Å². The number of carbonyl (C=O) groups is 1. The number of fused-ring (bicyclic) bond motifs is 1. The van der Waals surface area contributed by atoms with Gasteiger partial charge in [-0.05, 0) is 64.1 Å². The van der Waals surface area contributed by atoms with E-state index in [0.717, 1.165) is 38.8 Å². The third-order valence-electron chi connectivity index (χ3n) is 9.36. The molecule has 3 aliphatic rings. The van der Waals surface area contributed by atoms with Crippen molar-refractivity contribution in [2.75, 3.05) is 26.0 Å². The third-order valence-corrected chi connectivity index (χ3v) is 14.4. The SMILES string of the molecule is C[C@H]1C[C@@H](OS(C)(=O)=O)[C@@]2(CCC[N+]3=C2CCC3)[C@H](CCOC(=O)C(C)(C)C)[C@H]1O[Si](C)(C)C(C)(C)C.[Br-]. The van der Waals surface area contributed by atoms with Gasteiger partial charge in [-0.3, -0.25) is 8.98 Å². The quantitative estimate of drug-likeness (QED) is 0.185. The Hall–Kier alpha value is -0.293. The lowest BCUT2D eigenvalue weighted by Gasteiger charge is -2.56. The molecule has 7 nitrogen and oxygen atoms in total. The fourth-order valence-corrected chi connectivity index (χ4v) is 8.64. The molecule has 0 unspecified atom stereocenters. The molecule has 0 bridgehead atoms. The first kappa shape index (κ1) is 33.9. The van der Waals surface area contributed by atoms with Gasteiger partial charge in [0.05, 0.1) is 35.9 Å². The molecule has 0 saturated heterocycles. The Balaban J connectivity index is 0.00000507. The Bertz CT molecular complexity index is 1000.